The lowest BCUT2D eigenvalue weighted by Gasteiger charge is -2.38. The van der Waals surface area contributed by atoms with Crippen LogP contribution in [0.5, 0.6) is 0 Å². The third-order valence-corrected chi connectivity index (χ3v) is 7.61. The van der Waals surface area contributed by atoms with Crippen LogP contribution in [0.3, 0.4) is 0 Å². The number of nitrogens with zero attached hydrogens (tertiary/aromatic N) is 5. The van der Waals surface area contributed by atoms with Gasteiger partial charge in [0.25, 0.3) is 0 Å². The van der Waals surface area contributed by atoms with Crippen molar-refractivity contribution in [1.82, 2.24) is 19.8 Å². The maximum absolute atomic E-state index is 13.7. The normalized spacial score (nSPS) is 20.9. The minimum Gasteiger partial charge on any atom is -0.353 e. The Morgan fingerprint density at radius 1 is 1.03 bits per heavy atom. The van der Waals surface area contributed by atoms with Gasteiger partial charge < -0.3 is 14.7 Å². The van der Waals surface area contributed by atoms with Gasteiger partial charge in [-0.15, -0.1) is 24.8 Å². The average molecular weight is 527 g/mol. The maximum atomic E-state index is 13.7. The minimum absolute atomic E-state index is 0. The van der Waals surface area contributed by atoms with Crippen molar-refractivity contribution in [3.05, 3.63) is 52.4 Å². The van der Waals surface area contributed by atoms with Gasteiger partial charge in [-0.25, -0.2) is 9.97 Å². The molecule has 2 aromatic rings. The Kier molecular flexibility index (Phi) is 9.44. The number of carbonyl (C=O) groups excluding carboxylic acids is 1. The van der Waals surface area contributed by atoms with Crippen molar-refractivity contribution < 1.29 is 4.79 Å². The number of hydrogen-bond acceptors (Lipinski definition) is 5. The van der Waals surface area contributed by atoms with Crippen LogP contribution in [0.1, 0.15) is 54.8 Å². The number of likely N-dealkylation sites (tertiary alicyclic amines) is 1. The smallest absolute Gasteiger partial charge is 0.231 e. The molecule has 2 saturated heterocycles. The van der Waals surface area contributed by atoms with Crippen molar-refractivity contribution in [2.75, 3.05) is 50.7 Å². The summed E-state index contributed by atoms with van der Waals surface area (Å²) in [5.41, 5.74) is 3.59. The molecule has 3 heterocycles. The molecule has 0 N–H and O–H groups in total. The van der Waals surface area contributed by atoms with Gasteiger partial charge in [-0.3, -0.25) is 4.79 Å². The summed E-state index contributed by atoms with van der Waals surface area (Å²) in [6.45, 7) is 8.33. The lowest BCUT2D eigenvalue weighted by molar-refractivity contribution is -0.133. The van der Waals surface area contributed by atoms with E-state index < -0.39 is 0 Å². The predicted molar refractivity (Wildman–Crippen MR) is 142 cm³/mol. The molecule has 1 aliphatic carbocycles. The van der Waals surface area contributed by atoms with Crippen LogP contribution in [-0.2, 0) is 11.2 Å². The molecular weight excluding hydrogens is 493 g/mol. The standard InChI is InChI=1S/C25H32ClN5O.2ClH/c1-18-4-9-22-23(18)24(28-17-27-22)30-12-14-31(15-13-30)25(32)21(16-29-10-2-3-11-29)19-5-7-20(26)8-6-19;;/h5-8,17-18,21H,2-4,9-16H2,1H3;2*1H/t18-,21+;;/m1../s1. The molecule has 0 unspecified atom stereocenters. The Morgan fingerprint density at radius 3 is 2.38 bits per heavy atom. The van der Waals surface area contributed by atoms with E-state index in [9.17, 15) is 4.79 Å². The number of carbonyl (C=O) groups is 1. The van der Waals surface area contributed by atoms with Crippen LogP contribution in [-0.4, -0.2) is 71.5 Å². The van der Waals surface area contributed by atoms with Crippen LogP contribution in [0.25, 0.3) is 0 Å². The van der Waals surface area contributed by atoms with Gasteiger partial charge in [0.15, 0.2) is 0 Å². The molecule has 186 valence electrons. The number of rotatable bonds is 5. The number of aryl methyl sites for hydroxylation is 1. The number of benzene rings is 1. The fourth-order valence-electron chi connectivity index (χ4n) is 5.48. The van der Waals surface area contributed by atoms with E-state index in [1.54, 1.807) is 6.33 Å². The first-order valence-electron chi connectivity index (χ1n) is 12.0. The number of fused-ring (bicyclic) bond motifs is 1. The van der Waals surface area contributed by atoms with Crippen LogP contribution in [0, 0.1) is 0 Å². The summed E-state index contributed by atoms with van der Waals surface area (Å²) < 4.78 is 0. The highest BCUT2D eigenvalue weighted by molar-refractivity contribution is 6.30. The maximum Gasteiger partial charge on any atom is 0.231 e. The number of amides is 1. The fraction of sp³-hybridized carbons (Fsp3) is 0.560. The summed E-state index contributed by atoms with van der Waals surface area (Å²) in [7, 11) is 0. The molecule has 0 saturated carbocycles. The highest BCUT2D eigenvalue weighted by Crippen LogP contribution is 2.37. The number of halogens is 3. The van der Waals surface area contributed by atoms with Gasteiger partial charge in [-0.1, -0.05) is 30.7 Å². The molecule has 34 heavy (non-hydrogen) atoms. The molecule has 9 heteroatoms. The summed E-state index contributed by atoms with van der Waals surface area (Å²) in [5.74, 6) is 1.69. The Labute approximate surface area is 219 Å². The van der Waals surface area contributed by atoms with Gasteiger partial charge in [0.05, 0.1) is 5.92 Å². The molecule has 1 aromatic carbocycles. The second-order valence-corrected chi connectivity index (χ2v) is 9.86. The molecule has 5 rings (SSSR count). The van der Waals surface area contributed by atoms with Gasteiger partial charge in [-0.05, 0) is 62.4 Å². The molecule has 1 aromatic heterocycles. The van der Waals surface area contributed by atoms with Crippen LogP contribution in [0.4, 0.5) is 5.82 Å². The molecule has 6 nitrogen and oxygen atoms in total. The molecule has 0 bridgehead atoms. The number of anilines is 1. The highest BCUT2D eigenvalue weighted by Gasteiger charge is 2.33. The van der Waals surface area contributed by atoms with Crippen molar-refractivity contribution in [3.63, 3.8) is 0 Å². The Morgan fingerprint density at radius 2 is 1.71 bits per heavy atom. The van der Waals surface area contributed by atoms with Crippen LogP contribution < -0.4 is 4.90 Å². The first-order chi connectivity index (χ1) is 15.6. The predicted octanol–water partition coefficient (Wildman–Crippen LogP) is 4.55. The summed E-state index contributed by atoms with van der Waals surface area (Å²) in [6, 6.07) is 7.83. The lowest BCUT2D eigenvalue weighted by atomic mass is 9.96. The van der Waals surface area contributed by atoms with E-state index in [1.807, 2.05) is 24.3 Å². The molecule has 0 spiro atoms. The molecule has 1 amide bonds. The highest BCUT2D eigenvalue weighted by atomic mass is 35.5. The van der Waals surface area contributed by atoms with Gasteiger partial charge >= 0.3 is 0 Å². The van der Waals surface area contributed by atoms with Crippen molar-refractivity contribution in [3.8, 4) is 0 Å². The average Bonchev–Trinajstić information content (AvgIpc) is 3.48. The summed E-state index contributed by atoms with van der Waals surface area (Å²) in [4.78, 5) is 29.7. The zero-order chi connectivity index (χ0) is 22.1. The van der Waals surface area contributed by atoms with Crippen molar-refractivity contribution >= 4 is 48.1 Å². The first-order valence-corrected chi connectivity index (χ1v) is 12.3. The summed E-state index contributed by atoms with van der Waals surface area (Å²) >= 11 is 6.12. The monoisotopic (exact) mass is 525 g/mol. The third kappa shape index (κ3) is 5.62. The third-order valence-electron chi connectivity index (χ3n) is 7.35. The van der Waals surface area contributed by atoms with Gasteiger partial charge in [0, 0.05) is 49.0 Å². The van der Waals surface area contributed by atoms with E-state index in [2.05, 4.69) is 31.6 Å². The number of piperazine rings is 1. The first kappa shape index (κ1) is 27.0. The van der Waals surface area contributed by atoms with Crippen molar-refractivity contribution in [2.24, 2.45) is 0 Å². The van der Waals surface area contributed by atoms with E-state index in [0.29, 0.717) is 10.9 Å². The summed E-state index contributed by atoms with van der Waals surface area (Å²) in [6.07, 6.45) is 6.35. The zero-order valence-electron chi connectivity index (χ0n) is 19.7. The number of aromatic nitrogens is 2. The summed E-state index contributed by atoms with van der Waals surface area (Å²) in [5, 5.41) is 0.710. The molecular formula is C25H34Cl3N5O. The Bertz CT molecular complexity index is 960. The molecule has 0 radical (unpaired) electrons. The molecule has 2 fully saturated rings. The molecule has 3 aliphatic rings. The van der Waals surface area contributed by atoms with E-state index in [1.165, 1.54) is 24.1 Å². The fourth-order valence-corrected chi connectivity index (χ4v) is 5.60. The van der Waals surface area contributed by atoms with Crippen molar-refractivity contribution in [2.45, 2.75) is 44.4 Å². The quantitative estimate of drug-likeness (QED) is 0.572. The Balaban J connectivity index is 0.00000162. The lowest BCUT2D eigenvalue weighted by Crippen LogP contribution is -2.51. The second-order valence-electron chi connectivity index (χ2n) is 9.42. The molecule has 2 atom stereocenters. The van der Waals surface area contributed by atoms with E-state index in [0.717, 1.165) is 70.0 Å². The van der Waals surface area contributed by atoms with E-state index in [4.69, 9.17) is 11.6 Å². The zero-order valence-corrected chi connectivity index (χ0v) is 22.0. The second kappa shape index (κ2) is 11.9. The SMILES string of the molecule is C[C@@H]1CCc2ncnc(N3CCN(C(=O)[C@@H](CN4CCCC4)c4ccc(Cl)cc4)CC3)c21.Cl.Cl. The van der Waals surface area contributed by atoms with Crippen molar-refractivity contribution in [1.29, 1.82) is 0 Å². The Hall–Kier alpha value is -1.60. The minimum atomic E-state index is -0.139. The van der Waals surface area contributed by atoms with Gasteiger partial charge in [-0.2, -0.15) is 0 Å². The van der Waals surface area contributed by atoms with Crippen LogP contribution >= 0.6 is 36.4 Å². The topological polar surface area (TPSA) is 52.6 Å². The molecule has 2 aliphatic heterocycles. The van der Waals surface area contributed by atoms with E-state index in [-0.39, 0.29) is 36.6 Å². The van der Waals surface area contributed by atoms with Crippen LogP contribution in [0.15, 0.2) is 30.6 Å². The van der Waals surface area contributed by atoms with Gasteiger partial charge in [0.2, 0.25) is 5.91 Å². The van der Waals surface area contributed by atoms with Crippen LogP contribution in [0.2, 0.25) is 5.02 Å². The van der Waals surface area contributed by atoms with E-state index >= 15 is 0 Å². The number of hydrogen-bond donors (Lipinski definition) is 0. The largest absolute Gasteiger partial charge is 0.353 e. The van der Waals surface area contributed by atoms with Gasteiger partial charge in [0.1, 0.15) is 12.1 Å².